The van der Waals surface area contributed by atoms with Crippen molar-refractivity contribution in [3.63, 3.8) is 0 Å². The zero-order valence-corrected chi connectivity index (χ0v) is 22.7. The monoisotopic (exact) mass is 452 g/mol. The van der Waals surface area contributed by atoms with Crippen molar-refractivity contribution in [2.75, 3.05) is 6.61 Å². The molecule has 0 heterocycles. The minimum Gasteiger partial charge on any atom is -0.465 e. The van der Waals surface area contributed by atoms with Gasteiger partial charge >= 0.3 is 5.97 Å². The summed E-state index contributed by atoms with van der Waals surface area (Å²) in [6.45, 7) is 9.48. The Morgan fingerprint density at radius 2 is 0.875 bits per heavy atom. The van der Waals surface area contributed by atoms with E-state index in [2.05, 4.69) is 20.8 Å². The molecule has 0 aliphatic rings. The number of rotatable bonds is 25. The summed E-state index contributed by atoms with van der Waals surface area (Å²) in [5.74, 6) is 0.674. The number of hydrogen-bond donors (Lipinski definition) is 0. The molecule has 0 rings (SSSR count). The molecule has 0 aromatic carbocycles. The lowest BCUT2D eigenvalue weighted by atomic mass is 9.94. The lowest BCUT2D eigenvalue weighted by molar-refractivity contribution is -0.149. The molecule has 2 nitrogen and oxygen atoms in total. The molecular weight excluding hydrogens is 392 g/mol. The van der Waals surface area contributed by atoms with E-state index in [4.69, 9.17) is 4.74 Å². The van der Waals surface area contributed by atoms with Gasteiger partial charge in [-0.05, 0) is 25.2 Å². The van der Waals surface area contributed by atoms with Gasteiger partial charge in [0.25, 0.3) is 0 Å². The average Bonchev–Trinajstić information content (AvgIpc) is 2.80. The van der Waals surface area contributed by atoms with Crippen molar-refractivity contribution < 1.29 is 9.53 Å². The molecule has 0 saturated heterocycles. The van der Waals surface area contributed by atoms with E-state index in [1.807, 2.05) is 6.92 Å². The van der Waals surface area contributed by atoms with Gasteiger partial charge in [0.15, 0.2) is 0 Å². The third-order valence-corrected chi connectivity index (χ3v) is 7.04. The first kappa shape index (κ1) is 31.5. The Hall–Kier alpha value is -0.530. The summed E-state index contributed by atoms with van der Waals surface area (Å²) in [4.78, 5) is 12.4. The molecule has 0 aromatic heterocycles. The Bertz CT molecular complexity index is 359. The first-order valence-electron chi connectivity index (χ1n) is 14.8. The van der Waals surface area contributed by atoms with E-state index in [9.17, 15) is 4.79 Å². The number of esters is 1. The molecule has 0 aliphatic carbocycles. The second-order valence-electron chi connectivity index (χ2n) is 10.4. The lowest BCUT2D eigenvalue weighted by Gasteiger charge is -2.19. The van der Waals surface area contributed by atoms with Crippen molar-refractivity contribution in [2.45, 2.75) is 169 Å². The van der Waals surface area contributed by atoms with Gasteiger partial charge in [0, 0.05) is 0 Å². The molecule has 0 radical (unpaired) electrons. The van der Waals surface area contributed by atoms with Crippen LogP contribution in [0.25, 0.3) is 0 Å². The Morgan fingerprint density at radius 1 is 0.531 bits per heavy atom. The van der Waals surface area contributed by atoms with Crippen molar-refractivity contribution in [2.24, 2.45) is 11.8 Å². The summed E-state index contributed by atoms with van der Waals surface area (Å²) in [5.41, 5.74) is 0. The van der Waals surface area contributed by atoms with Crippen LogP contribution in [0.15, 0.2) is 0 Å². The van der Waals surface area contributed by atoms with E-state index in [1.54, 1.807) is 0 Å². The maximum absolute atomic E-state index is 12.4. The van der Waals surface area contributed by atoms with E-state index in [0.717, 1.165) is 12.8 Å². The Kier molecular flexibility index (Phi) is 24.7. The third kappa shape index (κ3) is 21.3. The molecule has 0 amide bonds. The molecule has 1 unspecified atom stereocenters. The Morgan fingerprint density at radius 3 is 1.31 bits per heavy atom. The van der Waals surface area contributed by atoms with Crippen LogP contribution >= 0.6 is 0 Å². The molecule has 0 aliphatic heterocycles. The van der Waals surface area contributed by atoms with Crippen LogP contribution in [-0.4, -0.2) is 12.6 Å². The van der Waals surface area contributed by atoms with Crippen LogP contribution in [0.2, 0.25) is 0 Å². The molecule has 0 bridgehead atoms. The number of carbonyl (C=O) groups excluding carboxylic acids is 1. The van der Waals surface area contributed by atoms with Gasteiger partial charge < -0.3 is 4.74 Å². The predicted octanol–water partition coefficient (Wildman–Crippen LogP) is 10.4. The summed E-state index contributed by atoms with van der Waals surface area (Å²) in [7, 11) is 0. The normalized spacial score (nSPS) is 12.4. The highest BCUT2D eigenvalue weighted by Crippen LogP contribution is 2.21. The van der Waals surface area contributed by atoms with Crippen LogP contribution in [0.4, 0.5) is 0 Å². The highest BCUT2D eigenvalue weighted by atomic mass is 16.5. The molecular formula is C30H60O2. The van der Waals surface area contributed by atoms with E-state index < -0.39 is 0 Å². The van der Waals surface area contributed by atoms with Crippen LogP contribution in [0.3, 0.4) is 0 Å². The smallest absolute Gasteiger partial charge is 0.308 e. The van der Waals surface area contributed by atoms with E-state index in [-0.39, 0.29) is 11.9 Å². The zero-order valence-electron chi connectivity index (χ0n) is 22.7. The fraction of sp³-hybridized carbons (Fsp3) is 0.967. The minimum absolute atomic E-state index is 0.0398. The van der Waals surface area contributed by atoms with E-state index in [0.29, 0.717) is 12.5 Å². The standard InChI is InChI=1S/C30H60O2/c1-5-8-11-13-15-17-19-22-25-29(26-23-20-18-16-14-12-9-6-2)27-32-30(31)28(4)24-21-10-7-3/h28-29H,5-27H2,1-4H3. The number of unbranched alkanes of at least 4 members (excludes halogenated alkanes) is 16. The minimum atomic E-state index is 0.0398. The van der Waals surface area contributed by atoms with Gasteiger partial charge in [0.1, 0.15) is 0 Å². The highest BCUT2D eigenvalue weighted by Gasteiger charge is 2.17. The molecule has 1 atom stereocenters. The van der Waals surface area contributed by atoms with E-state index >= 15 is 0 Å². The van der Waals surface area contributed by atoms with Crippen molar-refractivity contribution in [1.29, 1.82) is 0 Å². The van der Waals surface area contributed by atoms with Crippen LogP contribution < -0.4 is 0 Å². The first-order valence-corrected chi connectivity index (χ1v) is 14.8. The topological polar surface area (TPSA) is 26.3 Å². The number of hydrogen-bond acceptors (Lipinski definition) is 2. The molecule has 0 spiro atoms. The average molecular weight is 453 g/mol. The van der Waals surface area contributed by atoms with Gasteiger partial charge in [-0.25, -0.2) is 0 Å². The van der Waals surface area contributed by atoms with Gasteiger partial charge in [-0.1, -0.05) is 150 Å². The Balaban J connectivity index is 4.13. The van der Waals surface area contributed by atoms with Crippen LogP contribution in [0.1, 0.15) is 169 Å². The second-order valence-corrected chi connectivity index (χ2v) is 10.4. The van der Waals surface area contributed by atoms with E-state index in [1.165, 1.54) is 128 Å². The fourth-order valence-electron chi connectivity index (χ4n) is 4.61. The summed E-state index contributed by atoms with van der Waals surface area (Å²) in [6, 6.07) is 0. The molecule has 0 N–H and O–H groups in total. The summed E-state index contributed by atoms with van der Waals surface area (Å²) in [5, 5.41) is 0. The number of carbonyl (C=O) groups is 1. The highest BCUT2D eigenvalue weighted by molar-refractivity contribution is 5.71. The predicted molar refractivity (Wildman–Crippen MR) is 142 cm³/mol. The second kappa shape index (κ2) is 25.1. The van der Waals surface area contributed by atoms with Crippen molar-refractivity contribution in [1.82, 2.24) is 0 Å². The third-order valence-electron chi connectivity index (χ3n) is 7.04. The van der Waals surface area contributed by atoms with Gasteiger partial charge in [-0.15, -0.1) is 0 Å². The molecule has 32 heavy (non-hydrogen) atoms. The van der Waals surface area contributed by atoms with Gasteiger partial charge in [0.05, 0.1) is 12.5 Å². The van der Waals surface area contributed by atoms with Crippen LogP contribution in [0.5, 0.6) is 0 Å². The van der Waals surface area contributed by atoms with Crippen LogP contribution in [-0.2, 0) is 9.53 Å². The quantitative estimate of drug-likeness (QED) is 0.102. The molecule has 0 fully saturated rings. The maximum atomic E-state index is 12.4. The first-order chi connectivity index (χ1) is 15.7. The molecule has 192 valence electrons. The Labute approximate surface area is 203 Å². The lowest BCUT2D eigenvalue weighted by Crippen LogP contribution is -2.19. The maximum Gasteiger partial charge on any atom is 0.308 e. The number of ether oxygens (including phenoxy) is 1. The zero-order chi connectivity index (χ0) is 23.7. The molecule has 0 aromatic rings. The van der Waals surface area contributed by atoms with Crippen molar-refractivity contribution in [3.05, 3.63) is 0 Å². The summed E-state index contributed by atoms with van der Waals surface area (Å²) >= 11 is 0. The van der Waals surface area contributed by atoms with Crippen LogP contribution in [0, 0.1) is 11.8 Å². The summed E-state index contributed by atoms with van der Waals surface area (Å²) in [6.07, 6.45) is 29.0. The van der Waals surface area contributed by atoms with Gasteiger partial charge in [0.2, 0.25) is 0 Å². The largest absolute Gasteiger partial charge is 0.465 e. The van der Waals surface area contributed by atoms with Gasteiger partial charge in [-0.3, -0.25) is 4.79 Å². The van der Waals surface area contributed by atoms with Gasteiger partial charge in [-0.2, -0.15) is 0 Å². The van der Waals surface area contributed by atoms with Crippen molar-refractivity contribution in [3.8, 4) is 0 Å². The SMILES string of the molecule is CCCCCCCCCCC(CCCCCCCCCC)COC(=O)C(C)CCCCC. The molecule has 0 saturated carbocycles. The van der Waals surface area contributed by atoms with Crippen molar-refractivity contribution >= 4 is 5.97 Å². The fourth-order valence-corrected chi connectivity index (χ4v) is 4.61. The summed E-state index contributed by atoms with van der Waals surface area (Å²) < 4.78 is 5.80. The molecule has 2 heteroatoms.